The standard InChI is InChI=1S/C13H14BrN3O/c1-9-7-16-13(15-2)17-12(9)18-8-10-3-5-11(14)6-4-10/h3-7H,8H2,1-2H3,(H,15,16,17). The van der Waals surface area contributed by atoms with Gasteiger partial charge in [0.1, 0.15) is 6.61 Å². The van der Waals surface area contributed by atoms with Gasteiger partial charge in [-0.2, -0.15) is 4.98 Å². The Hall–Kier alpha value is -1.62. The molecule has 0 atom stereocenters. The molecule has 0 amide bonds. The van der Waals surface area contributed by atoms with Crippen molar-refractivity contribution < 1.29 is 4.74 Å². The Morgan fingerprint density at radius 1 is 1.28 bits per heavy atom. The van der Waals surface area contributed by atoms with Crippen molar-refractivity contribution in [2.24, 2.45) is 0 Å². The highest BCUT2D eigenvalue weighted by Crippen LogP contribution is 2.17. The Kier molecular flexibility index (Phi) is 4.15. The fraction of sp³-hybridized carbons (Fsp3) is 0.231. The Morgan fingerprint density at radius 3 is 2.67 bits per heavy atom. The summed E-state index contributed by atoms with van der Waals surface area (Å²) in [5, 5.41) is 2.89. The molecular weight excluding hydrogens is 294 g/mol. The van der Waals surface area contributed by atoms with Gasteiger partial charge < -0.3 is 10.1 Å². The summed E-state index contributed by atoms with van der Waals surface area (Å²) in [6, 6.07) is 8.01. The molecule has 0 fully saturated rings. The number of nitrogens with zero attached hydrogens (tertiary/aromatic N) is 2. The molecule has 94 valence electrons. The Morgan fingerprint density at radius 2 is 2.00 bits per heavy atom. The summed E-state index contributed by atoms with van der Waals surface area (Å²) in [7, 11) is 1.78. The van der Waals surface area contributed by atoms with Gasteiger partial charge in [-0.1, -0.05) is 28.1 Å². The molecule has 1 aromatic carbocycles. The van der Waals surface area contributed by atoms with E-state index in [1.165, 1.54) is 0 Å². The highest BCUT2D eigenvalue weighted by molar-refractivity contribution is 9.10. The van der Waals surface area contributed by atoms with Crippen LogP contribution in [-0.4, -0.2) is 17.0 Å². The van der Waals surface area contributed by atoms with E-state index in [9.17, 15) is 0 Å². The van der Waals surface area contributed by atoms with Crippen molar-refractivity contribution in [2.75, 3.05) is 12.4 Å². The third-order valence-electron chi connectivity index (χ3n) is 2.44. The molecule has 0 aliphatic rings. The van der Waals surface area contributed by atoms with Crippen LogP contribution in [0.3, 0.4) is 0 Å². The average Bonchev–Trinajstić information content (AvgIpc) is 2.40. The van der Waals surface area contributed by atoms with E-state index < -0.39 is 0 Å². The lowest BCUT2D eigenvalue weighted by molar-refractivity contribution is 0.291. The van der Waals surface area contributed by atoms with Crippen LogP contribution in [0, 0.1) is 6.92 Å². The minimum absolute atomic E-state index is 0.494. The summed E-state index contributed by atoms with van der Waals surface area (Å²) in [6.45, 7) is 2.42. The van der Waals surface area contributed by atoms with Gasteiger partial charge in [-0.25, -0.2) is 4.98 Å². The van der Waals surface area contributed by atoms with Gasteiger partial charge in [0, 0.05) is 23.3 Å². The molecule has 0 aliphatic heterocycles. The molecule has 4 nitrogen and oxygen atoms in total. The van der Waals surface area contributed by atoms with Crippen LogP contribution >= 0.6 is 15.9 Å². The van der Waals surface area contributed by atoms with Crippen molar-refractivity contribution in [1.82, 2.24) is 9.97 Å². The molecule has 5 heteroatoms. The summed E-state index contributed by atoms with van der Waals surface area (Å²) in [5.74, 6) is 1.17. The number of nitrogens with one attached hydrogen (secondary N) is 1. The maximum atomic E-state index is 5.70. The minimum atomic E-state index is 0.494. The Bertz CT molecular complexity index is 528. The molecule has 18 heavy (non-hydrogen) atoms. The van der Waals surface area contributed by atoms with Gasteiger partial charge in [0.15, 0.2) is 0 Å². The van der Waals surface area contributed by atoms with Crippen LogP contribution in [0.25, 0.3) is 0 Å². The zero-order valence-electron chi connectivity index (χ0n) is 10.3. The molecule has 2 aromatic rings. The number of aryl methyl sites for hydroxylation is 1. The van der Waals surface area contributed by atoms with Crippen molar-refractivity contribution in [1.29, 1.82) is 0 Å². The van der Waals surface area contributed by atoms with E-state index in [-0.39, 0.29) is 0 Å². The summed E-state index contributed by atoms with van der Waals surface area (Å²) in [5.41, 5.74) is 2.02. The first-order valence-corrected chi connectivity index (χ1v) is 6.37. The molecule has 0 bridgehead atoms. The number of ether oxygens (including phenoxy) is 1. The quantitative estimate of drug-likeness (QED) is 0.942. The zero-order valence-corrected chi connectivity index (χ0v) is 11.9. The van der Waals surface area contributed by atoms with Gasteiger partial charge in [0.2, 0.25) is 11.8 Å². The average molecular weight is 308 g/mol. The SMILES string of the molecule is CNc1ncc(C)c(OCc2ccc(Br)cc2)n1. The molecule has 1 N–H and O–H groups in total. The van der Waals surface area contributed by atoms with E-state index in [2.05, 4.69) is 31.2 Å². The van der Waals surface area contributed by atoms with Crippen LogP contribution in [0.1, 0.15) is 11.1 Å². The van der Waals surface area contributed by atoms with E-state index >= 15 is 0 Å². The van der Waals surface area contributed by atoms with Crippen molar-refractivity contribution in [3.05, 3.63) is 46.1 Å². The number of aromatic nitrogens is 2. The number of benzene rings is 1. The maximum absolute atomic E-state index is 5.70. The van der Waals surface area contributed by atoms with Gasteiger partial charge in [0.25, 0.3) is 0 Å². The molecule has 1 aromatic heterocycles. The van der Waals surface area contributed by atoms with E-state index in [0.29, 0.717) is 18.4 Å². The van der Waals surface area contributed by atoms with Gasteiger partial charge in [-0.15, -0.1) is 0 Å². The molecule has 2 rings (SSSR count). The molecule has 0 saturated heterocycles. The predicted molar refractivity (Wildman–Crippen MR) is 74.8 cm³/mol. The molecule has 0 saturated carbocycles. The van der Waals surface area contributed by atoms with Crippen molar-refractivity contribution in [3.63, 3.8) is 0 Å². The summed E-state index contributed by atoms with van der Waals surface area (Å²) in [4.78, 5) is 8.39. The monoisotopic (exact) mass is 307 g/mol. The molecule has 0 aliphatic carbocycles. The van der Waals surface area contributed by atoms with E-state index in [4.69, 9.17) is 4.74 Å². The first kappa shape index (κ1) is 12.8. The number of hydrogen-bond acceptors (Lipinski definition) is 4. The van der Waals surface area contributed by atoms with Crippen LogP contribution in [0.4, 0.5) is 5.95 Å². The van der Waals surface area contributed by atoms with Crippen LogP contribution in [0.15, 0.2) is 34.9 Å². The first-order chi connectivity index (χ1) is 8.69. The van der Waals surface area contributed by atoms with E-state index in [1.807, 2.05) is 31.2 Å². The number of anilines is 1. The second kappa shape index (κ2) is 5.82. The maximum Gasteiger partial charge on any atom is 0.225 e. The Labute approximate surface area is 115 Å². The summed E-state index contributed by atoms with van der Waals surface area (Å²) < 4.78 is 6.76. The van der Waals surface area contributed by atoms with Crippen molar-refractivity contribution in [3.8, 4) is 5.88 Å². The third-order valence-corrected chi connectivity index (χ3v) is 2.97. The molecule has 0 spiro atoms. The second-order valence-corrected chi connectivity index (χ2v) is 4.76. The Balaban J connectivity index is 2.07. The van der Waals surface area contributed by atoms with Crippen molar-refractivity contribution >= 4 is 21.9 Å². The van der Waals surface area contributed by atoms with E-state index in [0.717, 1.165) is 15.6 Å². The number of hydrogen-bond donors (Lipinski definition) is 1. The van der Waals surface area contributed by atoms with Gasteiger partial charge in [-0.05, 0) is 24.6 Å². The lowest BCUT2D eigenvalue weighted by Crippen LogP contribution is -2.03. The zero-order chi connectivity index (χ0) is 13.0. The van der Waals surface area contributed by atoms with Crippen LogP contribution in [0.5, 0.6) is 5.88 Å². The fourth-order valence-corrected chi connectivity index (χ4v) is 1.69. The highest BCUT2D eigenvalue weighted by atomic mass is 79.9. The molecule has 0 radical (unpaired) electrons. The lowest BCUT2D eigenvalue weighted by Gasteiger charge is -2.09. The fourth-order valence-electron chi connectivity index (χ4n) is 1.43. The summed E-state index contributed by atoms with van der Waals surface area (Å²) in [6.07, 6.45) is 1.75. The largest absolute Gasteiger partial charge is 0.472 e. The van der Waals surface area contributed by atoms with Crippen LogP contribution in [0.2, 0.25) is 0 Å². The number of rotatable bonds is 4. The number of halogens is 1. The van der Waals surface area contributed by atoms with Gasteiger partial charge in [-0.3, -0.25) is 0 Å². The smallest absolute Gasteiger partial charge is 0.225 e. The molecule has 0 unspecified atom stereocenters. The first-order valence-electron chi connectivity index (χ1n) is 5.57. The molecule has 1 heterocycles. The molecular formula is C13H14BrN3O. The summed E-state index contributed by atoms with van der Waals surface area (Å²) >= 11 is 3.40. The predicted octanol–water partition coefficient (Wildman–Crippen LogP) is 3.17. The van der Waals surface area contributed by atoms with Crippen molar-refractivity contribution in [2.45, 2.75) is 13.5 Å². The minimum Gasteiger partial charge on any atom is -0.472 e. The normalized spacial score (nSPS) is 10.2. The van der Waals surface area contributed by atoms with Crippen LogP contribution in [-0.2, 0) is 6.61 Å². The lowest BCUT2D eigenvalue weighted by atomic mass is 10.2. The van der Waals surface area contributed by atoms with Crippen LogP contribution < -0.4 is 10.1 Å². The van der Waals surface area contributed by atoms with Gasteiger partial charge in [0.05, 0.1) is 0 Å². The third kappa shape index (κ3) is 3.20. The topological polar surface area (TPSA) is 47.0 Å². The second-order valence-electron chi connectivity index (χ2n) is 3.85. The highest BCUT2D eigenvalue weighted by Gasteiger charge is 2.04. The van der Waals surface area contributed by atoms with E-state index in [1.54, 1.807) is 13.2 Å². The van der Waals surface area contributed by atoms with Gasteiger partial charge >= 0.3 is 0 Å².